The van der Waals surface area contributed by atoms with E-state index in [4.69, 9.17) is 5.21 Å². The summed E-state index contributed by atoms with van der Waals surface area (Å²) in [5.41, 5.74) is 2.40. The van der Waals surface area contributed by atoms with Crippen molar-refractivity contribution in [3.63, 3.8) is 0 Å². The van der Waals surface area contributed by atoms with Crippen LogP contribution in [-0.2, 0) is 10.2 Å². The first-order chi connectivity index (χ1) is 8.30. The molecule has 0 bridgehead atoms. The summed E-state index contributed by atoms with van der Waals surface area (Å²) in [4.78, 5) is 14.0. The van der Waals surface area contributed by atoms with Crippen LogP contribution in [0.5, 0.6) is 0 Å². The Bertz CT molecular complexity index is 512. The molecule has 0 aliphatic carbocycles. The fourth-order valence-electron chi connectivity index (χ4n) is 2.39. The first-order valence-electron chi connectivity index (χ1n) is 5.88. The SMILES string of the molecule is CC(C)N1C(=O)C(C)(C)c2cc(NO)c(F)cc21. The highest BCUT2D eigenvalue weighted by Crippen LogP contribution is 2.44. The number of halogens is 1. The van der Waals surface area contributed by atoms with Crippen LogP contribution in [0.1, 0.15) is 33.3 Å². The summed E-state index contributed by atoms with van der Waals surface area (Å²) in [5.74, 6) is -0.630. The molecule has 2 N–H and O–H groups in total. The Hall–Kier alpha value is -1.62. The maximum Gasteiger partial charge on any atom is 0.237 e. The summed E-state index contributed by atoms with van der Waals surface area (Å²) >= 11 is 0. The van der Waals surface area contributed by atoms with Gasteiger partial charge in [0.05, 0.1) is 16.8 Å². The average Bonchev–Trinajstić information content (AvgIpc) is 2.46. The van der Waals surface area contributed by atoms with Crippen LogP contribution in [0.4, 0.5) is 15.8 Å². The van der Waals surface area contributed by atoms with Crippen LogP contribution < -0.4 is 10.4 Å². The third-order valence-electron chi connectivity index (χ3n) is 3.41. The molecule has 0 unspecified atom stereocenters. The number of nitrogens with one attached hydrogen (secondary N) is 1. The molecule has 0 atom stereocenters. The van der Waals surface area contributed by atoms with Crippen molar-refractivity contribution in [1.29, 1.82) is 0 Å². The molecule has 0 aromatic heterocycles. The van der Waals surface area contributed by atoms with E-state index in [9.17, 15) is 9.18 Å². The maximum absolute atomic E-state index is 13.7. The van der Waals surface area contributed by atoms with Crippen molar-refractivity contribution < 1.29 is 14.4 Å². The van der Waals surface area contributed by atoms with Crippen molar-refractivity contribution in [1.82, 2.24) is 0 Å². The van der Waals surface area contributed by atoms with Crippen molar-refractivity contribution >= 4 is 17.3 Å². The monoisotopic (exact) mass is 252 g/mol. The lowest BCUT2D eigenvalue weighted by Crippen LogP contribution is -2.40. The van der Waals surface area contributed by atoms with E-state index in [0.29, 0.717) is 5.69 Å². The molecule has 1 aliphatic heterocycles. The molecule has 0 spiro atoms. The van der Waals surface area contributed by atoms with E-state index in [0.717, 1.165) is 5.56 Å². The topological polar surface area (TPSA) is 52.6 Å². The first-order valence-corrected chi connectivity index (χ1v) is 5.88. The molecule has 0 fully saturated rings. The van der Waals surface area contributed by atoms with Gasteiger partial charge in [0.25, 0.3) is 0 Å². The summed E-state index contributed by atoms with van der Waals surface area (Å²) in [5, 5.41) is 8.87. The van der Waals surface area contributed by atoms with Crippen molar-refractivity contribution in [2.24, 2.45) is 0 Å². The number of rotatable bonds is 2. The standard InChI is InChI=1S/C13H17FN2O2/c1-7(2)16-11-6-9(14)10(15-18)5-8(11)13(3,4)12(16)17/h5-7,15,18H,1-4H3. The molecule has 0 radical (unpaired) electrons. The zero-order valence-corrected chi connectivity index (χ0v) is 10.9. The van der Waals surface area contributed by atoms with Gasteiger partial charge in [-0.25, -0.2) is 4.39 Å². The number of hydrogen-bond donors (Lipinski definition) is 2. The van der Waals surface area contributed by atoms with Crippen LogP contribution in [-0.4, -0.2) is 17.2 Å². The van der Waals surface area contributed by atoms with E-state index in [1.807, 2.05) is 19.3 Å². The van der Waals surface area contributed by atoms with Gasteiger partial charge >= 0.3 is 0 Å². The van der Waals surface area contributed by atoms with E-state index in [-0.39, 0.29) is 17.6 Å². The van der Waals surface area contributed by atoms with Crippen LogP contribution in [0.25, 0.3) is 0 Å². The predicted molar refractivity (Wildman–Crippen MR) is 67.5 cm³/mol. The second-order valence-electron chi connectivity index (χ2n) is 5.35. The molecule has 1 heterocycles. The van der Waals surface area contributed by atoms with Crippen molar-refractivity contribution in [3.05, 3.63) is 23.5 Å². The van der Waals surface area contributed by atoms with Crippen LogP contribution in [0.2, 0.25) is 0 Å². The van der Waals surface area contributed by atoms with Gasteiger partial charge < -0.3 is 4.90 Å². The Morgan fingerprint density at radius 3 is 2.50 bits per heavy atom. The number of fused-ring (bicyclic) bond motifs is 1. The van der Waals surface area contributed by atoms with Gasteiger partial charge in [-0.15, -0.1) is 0 Å². The molecule has 1 amide bonds. The highest BCUT2D eigenvalue weighted by atomic mass is 19.1. The Morgan fingerprint density at radius 2 is 2.00 bits per heavy atom. The van der Waals surface area contributed by atoms with Gasteiger partial charge in [-0.3, -0.25) is 15.5 Å². The van der Waals surface area contributed by atoms with Crippen LogP contribution in [0.15, 0.2) is 12.1 Å². The second kappa shape index (κ2) is 3.95. The number of nitrogens with zero attached hydrogens (tertiary/aromatic N) is 1. The number of amides is 1. The number of carbonyl (C=O) groups excluding carboxylic acids is 1. The van der Waals surface area contributed by atoms with Crippen molar-refractivity contribution in [2.75, 3.05) is 10.4 Å². The molecule has 0 saturated heterocycles. The number of hydrogen-bond acceptors (Lipinski definition) is 3. The molecule has 1 aromatic carbocycles. The largest absolute Gasteiger partial charge is 0.309 e. The summed E-state index contributed by atoms with van der Waals surface area (Å²) in [6, 6.07) is 2.75. The molecule has 1 aliphatic rings. The highest BCUT2D eigenvalue weighted by molar-refractivity contribution is 6.08. The Morgan fingerprint density at radius 1 is 1.39 bits per heavy atom. The normalized spacial score (nSPS) is 17.3. The van der Waals surface area contributed by atoms with E-state index in [1.165, 1.54) is 12.1 Å². The molecule has 2 rings (SSSR count). The maximum atomic E-state index is 13.7. The third-order valence-corrected chi connectivity index (χ3v) is 3.41. The van der Waals surface area contributed by atoms with E-state index in [2.05, 4.69) is 0 Å². The van der Waals surface area contributed by atoms with Gasteiger partial charge in [-0.05, 0) is 39.3 Å². The average molecular weight is 252 g/mol. The minimum atomic E-state index is -0.709. The van der Waals surface area contributed by atoms with E-state index >= 15 is 0 Å². The minimum Gasteiger partial charge on any atom is -0.309 e. The molecular formula is C13H17FN2O2. The third kappa shape index (κ3) is 1.58. The molecule has 98 valence electrons. The molecule has 18 heavy (non-hydrogen) atoms. The van der Waals surface area contributed by atoms with Gasteiger partial charge in [0.15, 0.2) is 5.82 Å². The Labute approximate surface area is 105 Å². The summed E-state index contributed by atoms with van der Waals surface area (Å²) in [7, 11) is 0. The fourth-order valence-corrected chi connectivity index (χ4v) is 2.39. The lowest BCUT2D eigenvalue weighted by atomic mass is 9.86. The van der Waals surface area contributed by atoms with Gasteiger partial charge in [-0.1, -0.05) is 0 Å². The van der Waals surface area contributed by atoms with Crippen LogP contribution in [0, 0.1) is 5.82 Å². The summed E-state index contributed by atoms with van der Waals surface area (Å²) < 4.78 is 13.7. The van der Waals surface area contributed by atoms with Crippen molar-refractivity contribution in [3.8, 4) is 0 Å². The fraction of sp³-hybridized carbons (Fsp3) is 0.462. The van der Waals surface area contributed by atoms with E-state index < -0.39 is 11.2 Å². The second-order valence-corrected chi connectivity index (χ2v) is 5.35. The number of benzene rings is 1. The van der Waals surface area contributed by atoms with Gasteiger partial charge in [-0.2, -0.15) is 0 Å². The molecular weight excluding hydrogens is 235 g/mol. The highest BCUT2D eigenvalue weighted by Gasteiger charge is 2.45. The minimum absolute atomic E-state index is 0.0137. The predicted octanol–water partition coefficient (Wildman–Crippen LogP) is 2.66. The van der Waals surface area contributed by atoms with Crippen LogP contribution >= 0.6 is 0 Å². The Kier molecular flexibility index (Phi) is 2.81. The zero-order valence-electron chi connectivity index (χ0n) is 10.9. The van der Waals surface area contributed by atoms with Gasteiger partial charge in [0.2, 0.25) is 5.91 Å². The molecule has 0 saturated carbocycles. The number of anilines is 2. The van der Waals surface area contributed by atoms with Gasteiger partial charge in [0, 0.05) is 12.1 Å². The zero-order chi connectivity index (χ0) is 13.7. The lowest BCUT2D eigenvalue weighted by molar-refractivity contribution is -0.122. The summed E-state index contributed by atoms with van der Waals surface area (Å²) in [6.45, 7) is 7.38. The lowest BCUT2D eigenvalue weighted by Gasteiger charge is -2.24. The molecule has 1 aromatic rings. The number of carbonyl (C=O) groups is 1. The van der Waals surface area contributed by atoms with Crippen molar-refractivity contribution in [2.45, 2.75) is 39.2 Å². The van der Waals surface area contributed by atoms with E-state index in [1.54, 1.807) is 18.7 Å². The van der Waals surface area contributed by atoms with Gasteiger partial charge in [0.1, 0.15) is 0 Å². The Balaban J connectivity index is 2.68. The molecule has 4 nitrogen and oxygen atoms in total. The first kappa shape index (κ1) is 12.8. The quantitative estimate of drug-likeness (QED) is 0.796. The van der Waals surface area contributed by atoms with Crippen LogP contribution in [0.3, 0.4) is 0 Å². The molecule has 5 heteroatoms. The summed E-state index contributed by atoms with van der Waals surface area (Å²) in [6.07, 6.45) is 0. The smallest absolute Gasteiger partial charge is 0.237 e.